The van der Waals surface area contributed by atoms with Gasteiger partial charge in [0, 0.05) is 21.7 Å². The third-order valence-electron chi connectivity index (χ3n) is 1.97. The van der Waals surface area contributed by atoms with Gasteiger partial charge in [-0.2, -0.15) is 5.10 Å². The number of nitrogens with zero attached hydrogens (tertiary/aromatic N) is 2. The molecule has 0 aliphatic rings. The van der Waals surface area contributed by atoms with Crippen molar-refractivity contribution < 1.29 is 4.79 Å². The molecule has 0 atom stereocenters. The van der Waals surface area contributed by atoms with Gasteiger partial charge in [0.25, 0.3) is 0 Å². The summed E-state index contributed by atoms with van der Waals surface area (Å²) in [6, 6.07) is 9.46. The van der Waals surface area contributed by atoms with Crippen molar-refractivity contribution in [3.8, 4) is 0 Å². The van der Waals surface area contributed by atoms with Crippen LogP contribution >= 0.6 is 22.6 Å². The van der Waals surface area contributed by atoms with Gasteiger partial charge in [0.05, 0.1) is 0 Å². The number of carbonyl (C=O) groups is 1. The van der Waals surface area contributed by atoms with Gasteiger partial charge < -0.3 is 5.32 Å². The fourth-order valence-electron chi connectivity index (χ4n) is 1.31. The number of benzene rings is 1. The van der Waals surface area contributed by atoms with Crippen LogP contribution in [0.5, 0.6) is 0 Å². The van der Waals surface area contributed by atoms with Crippen LogP contribution in [-0.2, 0) is 11.3 Å². The molecule has 0 aliphatic heterocycles. The van der Waals surface area contributed by atoms with Crippen LogP contribution in [0.25, 0.3) is 0 Å². The first-order chi connectivity index (χ1) is 7.74. The maximum Gasteiger partial charge on any atom is 0.246 e. The van der Waals surface area contributed by atoms with Crippen molar-refractivity contribution in [3.05, 3.63) is 46.3 Å². The smallest absolute Gasteiger partial charge is 0.246 e. The fourth-order valence-corrected chi connectivity index (χ4v) is 1.85. The summed E-state index contributed by atoms with van der Waals surface area (Å²) < 4.78 is 2.68. The molecule has 4 nitrogen and oxygen atoms in total. The van der Waals surface area contributed by atoms with Crippen LogP contribution in [0.4, 0.5) is 5.69 Å². The number of rotatable bonds is 3. The monoisotopic (exact) mass is 327 g/mol. The van der Waals surface area contributed by atoms with E-state index >= 15 is 0 Å². The Hall–Kier alpha value is -1.37. The van der Waals surface area contributed by atoms with Gasteiger partial charge in [-0.15, -0.1) is 0 Å². The maximum atomic E-state index is 11.6. The van der Waals surface area contributed by atoms with E-state index in [9.17, 15) is 4.79 Å². The molecule has 82 valence electrons. The Bertz CT molecular complexity index is 482. The Morgan fingerprint density at radius 1 is 1.44 bits per heavy atom. The van der Waals surface area contributed by atoms with Crippen molar-refractivity contribution >= 4 is 34.2 Å². The molecule has 1 heterocycles. The summed E-state index contributed by atoms with van der Waals surface area (Å²) in [5.74, 6) is -0.0781. The van der Waals surface area contributed by atoms with E-state index in [4.69, 9.17) is 0 Å². The molecule has 1 aromatic carbocycles. The van der Waals surface area contributed by atoms with Crippen molar-refractivity contribution in [1.82, 2.24) is 9.78 Å². The number of aromatic nitrogens is 2. The standard InChI is InChI=1S/C11H10IN3O/c12-9-3-1-4-10(7-9)14-11(16)8-15-6-2-5-13-15/h1-7H,8H2,(H,14,16). The van der Waals surface area contributed by atoms with E-state index in [2.05, 4.69) is 33.0 Å². The Balaban J connectivity index is 1.97. The summed E-state index contributed by atoms with van der Waals surface area (Å²) in [4.78, 5) is 11.6. The van der Waals surface area contributed by atoms with Crippen LogP contribution in [0.2, 0.25) is 0 Å². The Kier molecular flexibility index (Phi) is 3.55. The lowest BCUT2D eigenvalue weighted by atomic mass is 10.3. The average Bonchev–Trinajstić information content (AvgIpc) is 2.70. The average molecular weight is 327 g/mol. The summed E-state index contributed by atoms with van der Waals surface area (Å²) in [7, 11) is 0. The quantitative estimate of drug-likeness (QED) is 0.878. The van der Waals surface area contributed by atoms with Gasteiger partial charge in [-0.1, -0.05) is 6.07 Å². The number of carbonyl (C=O) groups excluding carboxylic acids is 1. The number of nitrogens with one attached hydrogen (secondary N) is 1. The second-order valence-electron chi connectivity index (χ2n) is 3.26. The predicted octanol–water partition coefficient (Wildman–Crippen LogP) is 2.13. The zero-order chi connectivity index (χ0) is 11.4. The molecule has 0 saturated heterocycles. The van der Waals surface area contributed by atoms with E-state index in [0.29, 0.717) is 0 Å². The van der Waals surface area contributed by atoms with Crippen molar-refractivity contribution in [1.29, 1.82) is 0 Å². The number of hydrogen-bond acceptors (Lipinski definition) is 2. The second kappa shape index (κ2) is 5.11. The molecule has 0 saturated carbocycles. The zero-order valence-electron chi connectivity index (χ0n) is 8.43. The highest BCUT2D eigenvalue weighted by Gasteiger charge is 2.03. The highest BCUT2D eigenvalue weighted by atomic mass is 127. The first-order valence-electron chi connectivity index (χ1n) is 4.77. The molecular weight excluding hydrogens is 317 g/mol. The summed E-state index contributed by atoms with van der Waals surface area (Å²) in [6.07, 6.45) is 3.41. The molecule has 0 unspecified atom stereocenters. The minimum atomic E-state index is -0.0781. The van der Waals surface area contributed by atoms with Crippen LogP contribution in [0.15, 0.2) is 42.7 Å². The van der Waals surface area contributed by atoms with E-state index < -0.39 is 0 Å². The molecule has 0 fully saturated rings. The van der Waals surface area contributed by atoms with Crippen LogP contribution in [-0.4, -0.2) is 15.7 Å². The molecule has 5 heteroatoms. The highest BCUT2D eigenvalue weighted by molar-refractivity contribution is 14.1. The van der Waals surface area contributed by atoms with Gasteiger partial charge in [-0.05, 0) is 46.9 Å². The summed E-state index contributed by atoms with van der Waals surface area (Å²) >= 11 is 2.21. The third kappa shape index (κ3) is 3.06. The van der Waals surface area contributed by atoms with Crippen LogP contribution in [0, 0.1) is 3.57 Å². The minimum absolute atomic E-state index is 0.0781. The van der Waals surface area contributed by atoms with Gasteiger partial charge in [0.1, 0.15) is 6.54 Å². The molecule has 0 aliphatic carbocycles. The van der Waals surface area contributed by atoms with E-state index in [1.165, 1.54) is 0 Å². The van der Waals surface area contributed by atoms with Crippen LogP contribution < -0.4 is 5.32 Å². The molecule has 0 spiro atoms. The fraction of sp³-hybridized carbons (Fsp3) is 0.0909. The lowest BCUT2D eigenvalue weighted by Crippen LogP contribution is -2.18. The van der Waals surface area contributed by atoms with Crippen molar-refractivity contribution in [2.75, 3.05) is 5.32 Å². The Morgan fingerprint density at radius 3 is 3.00 bits per heavy atom. The van der Waals surface area contributed by atoms with Gasteiger partial charge in [-0.25, -0.2) is 0 Å². The van der Waals surface area contributed by atoms with Crippen LogP contribution in [0.3, 0.4) is 0 Å². The molecule has 1 aromatic heterocycles. The molecule has 1 N–H and O–H groups in total. The van der Waals surface area contributed by atoms with Crippen LogP contribution in [0.1, 0.15) is 0 Å². The minimum Gasteiger partial charge on any atom is -0.324 e. The lowest BCUT2D eigenvalue weighted by molar-refractivity contribution is -0.116. The van der Waals surface area contributed by atoms with Crippen molar-refractivity contribution in [2.24, 2.45) is 0 Å². The highest BCUT2D eigenvalue weighted by Crippen LogP contribution is 2.12. The Labute approximate surface area is 107 Å². The Morgan fingerprint density at radius 2 is 2.31 bits per heavy atom. The zero-order valence-corrected chi connectivity index (χ0v) is 10.6. The largest absolute Gasteiger partial charge is 0.324 e. The van der Waals surface area contributed by atoms with E-state index in [0.717, 1.165) is 9.26 Å². The second-order valence-corrected chi connectivity index (χ2v) is 4.51. The predicted molar refractivity (Wildman–Crippen MR) is 70.0 cm³/mol. The number of hydrogen-bond donors (Lipinski definition) is 1. The molecule has 2 rings (SSSR count). The SMILES string of the molecule is O=C(Cn1cccn1)Nc1cccc(I)c1. The molecule has 0 radical (unpaired) electrons. The van der Waals surface area contributed by atoms with E-state index in [-0.39, 0.29) is 12.5 Å². The molecule has 16 heavy (non-hydrogen) atoms. The molecule has 2 aromatic rings. The van der Waals surface area contributed by atoms with Gasteiger partial charge in [0.15, 0.2) is 0 Å². The van der Waals surface area contributed by atoms with Crippen molar-refractivity contribution in [3.63, 3.8) is 0 Å². The summed E-state index contributed by atoms with van der Waals surface area (Å²) in [6.45, 7) is 0.235. The first-order valence-corrected chi connectivity index (χ1v) is 5.85. The molecule has 1 amide bonds. The third-order valence-corrected chi connectivity index (χ3v) is 2.64. The van der Waals surface area contributed by atoms with Crippen molar-refractivity contribution in [2.45, 2.75) is 6.54 Å². The normalized spacial score (nSPS) is 10.1. The van der Waals surface area contributed by atoms with Gasteiger partial charge in [-0.3, -0.25) is 9.48 Å². The number of anilines is 1. The summed E-state index contributed by atoms with van der Waals surface area (Å²) in [5.41, 5.74) is 0.809. The van der Waals surface area contributed by atoms with E-state index in [1.807, 2.05) is 24.3 Å². The number of halogens is 1. The molecule has 0 bridgehead atoms. The van der Waals surface area contributed by atoms with Gasteiger partial charge >= 0.3 is 0 Å². The topological polar surface area (TPSA) is 46.9 Å². The van der Waals surface area contributed by atoms with Gasteiger partial charge in [0.2, 0.25) is 5.91 Å². The lowest BCUT2D eigenvalue weighted by Gasteiger charge is -2.05. The first kappa shape index (κ1) is 11.1. The summed E-state index contributed by atoms with van der Waals surface area (Å²) in [5, 5.41) is 6.79. The maximum absolute atomic E-state index is 11.6. The van der Waals surface area contributed by atoms with E-state index in [1.54, 1.807) is 23.1 Å². The molecular formula is C11H10IN3O. The number of amides is 1.